The minimum absolute atomic E-state index is 0.0745. The molecule has 3 aromatic rings. The van der Waals surface area contributed by atoms with Crippen molar-refractivity contribution in [3.8, 4) is 0 Å². The van der Waals surface area contributed by atoms with Crippen molar-refractivity contribution in [3.05, 3.63) is 70.6 Å². The Kier molecular flexibility index (Phi) is 5.16. The highest BCUT2D eigenvalue weighted by molar-refractivity contribution is 5.96. The maximum atomic E-state index is 12.9. The smallest absolute Gasteiger partial charge is 0.268 e. The highest BCUT2D eigenvalue weighted by Gasteiger charge is 2.26. The first kappa shape index (κ1) is 18.9. The Balaban J connectivity index is 1.45. The van der Waals surface area contributed by atoms with Crippen LogP contribution < -0.4 is 5.32 Å². The first-order chi connectivity index (χ1) is 14.0. The summed E-state index contributed by atoms with van der Waals surface area (Å²) in [6.45, 7) is 5.61. The molecule has 0 spiro atoms. The Morgan fingerprint density at radius 2 is 2.03 bits per heavy atom. The van der Waals surface area contributed by atoms with Crippen molar-refractivity contribution in [2.75, 3.05) is 13.1 Å². The molecule has 8 heteroatoms. The number of nitrogens with one attached hydrogen (secondary N) is 1. The molecule has 0 bridgehead atoms. The molecule has 0 fully saturated rings. The summed E-state index contributed by atoms with van der Waals surface area (Å²) in [6.07, 6.45) is 4.12. The minimum Gasteiger partial charge on any atom is -0.361 e. The van der Waals surface area contributed by atoms with E-state index in [-0.39, 0.29) is 11.8 Å². The van der Waals surface area contributed by atoms with Gasteiger partial charge in [0.25, 0.3) is 11.8 Å². The van der Waals surface area contributed by atoms with Gasteiger partial charge < -0.3 is 19.3 Å². The average molecular weight is 393 g/mol. The molecule has 4 rings (SSSR count). The third-order valence-corrected chi connectivity index (χ3v) is 5.25. The van der Waals surface area contributed by atoms with Gasteiger partial charge in [0.2, 0.25) is 0 Å². The summed E-state index contributed by atoms with van der Waals surface area (Å²) in [5.41, 5.74) is 3.73. The van der Waals surface area contributed by atoms with Gasteiger partial charge in [0.15, 0.2) is 0 Å². The molecule has 1 aliphatic heterocycles. The Hall–Kier alpha value is -3.42. The Labute approximate surface area is 168 Å². The van der Waals surface area contributed by atoms with Gasteiger partial charge in [0.05, 0.1) is 5.69 Å². The third kappa shape index (κ3) is 3.78. The summed E-state index contributed by atoms with van der Waals surface area (Å²) >= 11 is 0. The number of carbonyl (C=O) groups is 2. The van der Waals surface area contributed by atoms with E-state index >= 15 is 0 Å². The summed E-state index contributed by atoms with van der Waals surface area (Å²) < 4.78 is 7.14. The molecule has 2 amide bonds. The molecule has 0 aromatic carbocycles. The zero-order valence-electron chi connectivity index (χ0n) is 16.5. The Morgan fingerprint density at radius 3 is 2.76 bits per heavy atom. The molecular weight excluding hydrogens is 370 g/mol. The van der Waals surface area contributed by atoms with Gasteiger partial charge in [-0.25, -0.2) is 0 Å². The van der Waals surface area contributed by atoms with Crippen LogP contribution in [0.15, 0.2) is 41.2 Å². The topological polar surface area (TPSA) is 93.3 Å². The lowest BCUT2D eigenvalue weighted by Gasteiger charge is -2.20. The molecule has 1 aliphatic rings. The Morgan fingerprint density at radius 1 is 1.17 bits per heavy atom. The molecule has 0 unspecified atom stereocenters. The van der Waals surface area contributed by atoms with Crippen LogP contribution in [0.25, 0.3) is 0 Å². The summed E-state index contributed by atoms with van der Waals surface area (Å²) in [7, 11) is 0. The van der Waals surface area contributed by atoms with Crippen LogP contribution in [-0.4, -0.2) is 44.5 Å². The number of rotatable bonds is 4. The van der Waals surface area contributed by atoms with Crippen LogP contribution in [-0.2, 0) is 19.5 Å². The van der Waals surface area contributed by atoms with E-state index in [1.54, 1.807) is 31.1 Å². The van der Waals surface area contributed by atoms with E-state index in [0.717, 1.165) is 11.3 Å². The van der Waals surface area contributed by atoms with E-state index in [1.807, 2.05) is 28.8 Å². The van der Waals surface area contributed by atoms with Gasteiger partial charge in [-0.15, -0.1) is 0 Å². The van der Waals surface area contributed by atoms with Crippen molar-refractivity contribution in [2.45, 2.75) is 33.4 Å². The molecule has 29 heavy (non-hydrogen) atoms. The molecule has 0 atom stereocenters. The van der Waals surface area contributed by atoms with Crippen molar-refractivity contribution in [3.63, 3.8) is 0 Å². The van der Waals surface area contributed by atoms with Gasteiger partial charge in [0.1, 0.15) is 17.0 Å². The predicted octanol–water partition coefficient (Wildman–Crippen LogP) is 2.12. The van der Waals surface area contributed by atoms with Crippen LogP contribution in [0.4, 0.5) is 0 Å². The second kappa shape index (κ2) is 7.90. The molecule has 0 aliphatic carbocycles. The van der Waals surface area contributed by atoms with Crippen molar-refractivity contribution < 1.29 is 14.1 Å². The fourth-order valence-corrected chi connectivity index (χ4v) is 3.70. The number of fused-ring (bicyclic) bond motifs is 1. The molecule has 4 heterocycles. The van der Waals surface area contributed by atoms with Gasteiger partial charge in [-0.1, -0.05) is 11.2 Å². The second-order valence-corrected chi connectivity index (χ2v) is 7.15. The van der Waals surface area contributed by atoms with Gasteiger partial charge in [0, 0.05) is 50.7 Å². The summed E-state index contributed by atoms with van der Waals surface area (Å²) in [5, 5.41) is 6.82. The predicted molar refractivity (Wildman–Crippen MR) is 105 cm³/mol. The highest BCUT2D eigenvalue weighted by Crippen LogP contribution is 2.19. The normalized spacial score (nSPS) is 13.7. The van der Waals surface area contributed by atoms with Gasteiger partial charge in [-0.2, -0.15) is 0 Å². The van der Waals surface area contributed by atoms with Crippen LogP contribution in [0.3, 0.4) is 0 Å². The highest BCUT2D eigenvalue weighted by atomic mass is 16.5. The molecule has 1 N–H and O–H groups in total. The standard InChI is InChI=1S/C21H23N5O3/c1-14-19(15(2)29-24-14)21(28)25-9-7-17-5-6-18(26(17)11-10-25)20(27)23-13-16-4-3-8-22-12-16/h3-6,8,12H,7,9-11,13H2,1-2H3,(H,23,27). The van der Waals surface area contributed by atoms with Crippen LogP contribution in [0.1, 0.15) is 43.6 Å². The fraction of sp³-hybridized carbons (Fsp3) is 0.333. The minimum atomic E-state index is -0.134. The van der Waals surface area contributed by atoms with E-state index in [2.05, 4.69) is 15.5 Å². The van der Waals surface area contributed by atoms with E-state index in [4.69, 9.17) is 4.52 Å². The molecule has 0 saturated heterocycles. The van der Waals surface area contributed by atoms with Gasteiger partial charge in [-0.3, -0.25) is 14.6 Å². The number of hydrogen-bond acceptors (Lipinski definition) is 5. The molecule has 150 valence electrons. The van der Waals surface area contributed by atoms with Crippen LogP contribution in [0.5, 0.6) is 0 Å². The molecule has 8 nitrogen and oxygen atoms in total. The fourth-order valence-electron chi connectivity index (χ4n) is 3.70. The number of nitrogens with zero attached hydrogens (tertiary/aromatic N) is 4. The number of carbonyl (C=O) groups excluding carboxylic acids is 2. The SMILES string of the molecule is Cc1noc(C)c1C(=O)N1CCc2ccc(C(=O)NCc3cccnc3)n2CC1. The maximum Gasteiger partial charge on any atom is 0.268 e. The van der Waals surface area contributed by atoms with E-state index in [1.165, 1.54) is 0 Å². The zero-order chi connectivity index (χ0) is 20.4. The summed E-state index contributed by atoms with van der Waals surface area (Å²) in [4.78, 5) is 31.5. The quantitative estimate of drug-likeness (QED) is 0.733. The van der Waals surface area contributed by atoms with Crippen LogP contribution >= 0.6 is 0 Å². The second-order valence-electron chi connectivity index (χ2n) is 7.15. The number of pyridine rings is 1. The first-order valence-electron chi connectivity index (χ1n) is 9.62. The lowest BCUT2D eigenvalue weighted by atomic mass is 10.1. The number of hydrogen-bond donors (Lipinski definition) is 1. The molecule has 3 aromatic heterocycles. The summed E-state index contributed by atoms with van der Waals surface area (Å²) in [5.74, 6) is 0.326. The number of amides is 2. The van der Waals surface area contributed by atoms with Crippen molar-refractivity contribution in [1.29, 1.82) is 0 Å². The van der Waals surface area contributed by atoms with Gasteiger partial charge in [-0.05, 0) is 37.6 Å². The van der Waals surface area contributed by atoms with Crippen LogP contribution in [0.2, 0.25) is 0 Å². The van der Waals surface area contributed by atoms with Crippen molar-refractivity contribution >= 4 is 11.8 Å². The molecule has 0 saturated carbocycles. The number of aryl methyl sites for hydroxylation is 2. The van der Waals surface area contributed by atoms with E-state index < -0.39 is 0 Å². The lowest BCUT2D eigenvalue weighted by Crippen LogP contribution is -2.34. The monoisotopic (exact) mass is 393 g/mol. The largest absolute Gasteiger partial charge is 0.361 e. The maximum absolute atomic E-state index is 12.9. The van der Waals surface area contributed by atoms with E-state index in [0.29, 0.717) is 55.3 Å². The van der Waals surface area contributed by atoms with Crippen molar-refractivity contribution in [1.82, 2.24) is 24.9 Å². The first-order valence-corrected chi connectivity index (χ1v) is 9.62. The zero-order valence-corrected chi connectivity index (χ0v) is 16.5. The summed E-state index contributed by atoms with van der Waals surface area (Å²) in [6, 6.07) is 7.57. The van der Waals surface area contributed by atoms with Crippen molar-refractivity contribution in [2.24, 2.45) is 0 Å². The molecule has 0 radical (unpaired) electrons. The average Bonchev–Trinajstić information content (AvgIpc) is 3.22. The number of aromatic nitrogens is 3. The Bertz CT molecular complexity index is 1020. The molecular formula is C21H23N5O3. The third-order valence-electron chi connectivity index (χ3n) is 5.25. The lowest BCUT2D eigenvalue weighted by molar-refractivity contribution is 0.0756. The van der Waals surface area contributed by atoms with Gasteiger partial charge >= 0.3 is 0 Å². The van der Waals surface area contributed by atoms with E-state index in [9.17, 15) is 9.59 Å². The van der Waals surface area contributed by atoms with Crippen LogP contribution in [0, 0.1) is 13.8 Å².